The molecule has 0 N–H and O–H groups in total. The standard InChI is InChI=1S/C57H90O6/c1-4-7-10-13-16-19-22-25-28-30-32-35-38-41-44-47-50-56(59)62-53-54(52-61-55(58)49-46-43-40-37-34-31-27-24-21-18-15-12-9-6-3)63-57(60)51-48-45-42-39-36-33-29-26-23-20-17-14-11-8-5-2/h7,9-10,12,16-21,23,25-28,31-32,35,41,44,54H,4-6,8,11,13-15,22,24,29-30,33-34,36-40,42-43,45-53H2,1-3H3/b10-7-,12-9-,19-16-,20-17-,21-18-,26-23-,28-25-,31-27-,35-32-,44-41-. The Kier molecular flexibility index (Phi) is 47.1. The second-order valence-corrected chi connectivity index (χ2v) is 16.0. The zero-order valence-electron chi connectivity index (χ0n) is 40.3. The van der Waals surface area contributed by atoms with Crippen LogP contribution in [0.25, 0.3) is 0 Å². The van der Waals surface area contributed by atoms with Gasteiger partial charge in [-0.05, 0) is 109 Å². The summed E-state index contributed by atoms with van der Waals surface area (Å²) in [6, 6.07) is 0. The van der Waals surface area contributed by atoms with Gasteiger partial charge in [0.25, 0.3) is 0 Å². The molecular weight excluding hydrogens is 781 g/mol. The highest BCUT2D eigenvalue weighted by Crippen LogP contribution is 2.12. The number of unbranched alkanes of at least 4 members (excludes halogenated alkanes) is 13. The molecule has 0 rings (SSSR count). The molecule has 0 fully saturated rings. The van der Waals surface area contributed by atoms with Crippen molar-refractivity contribution in [2.45, 2.75) is 207 Å². The van der Waals surface area contributed by atoms with Crippen LogP contribution >= 0.6 is 0 Å². The molecule has 1 atom stereocenters. The van der Waals surface area contributed by atoms with Gasteiger partial charge in [0, 0.05) is 19.3 Å². The van der Waals surface area contributed by atoms with Crippen LogP contribution in [0.4, 0.5) is 0 Å². The Morgan fingerprint density at radius 3 is 1.16 bits per heavy atom. The van der Waals surface area contributed by atoms with E-state index in [1.807, 2.05) is 12.2 Å². The predicted molar refractivity (Wildman–Crippen MR) is 269 cm³/mol. The maximum absolute atomic E-state index is 12.8. The highest BCUT2D eigenvalue weighted by Gasteiger charge is 2.19. The summed E-state index contributed by atoms with van der Waals surface area (Å²) in [5, 5.41) is 0. The van der Waals surface area contributed by atoms with Crippen molar-refractivity contribution in [3.8, 4) is 0 Å². The fourth-order valence-electron chi connectivity index (χ4n) is 6.26. The lowest BCUT2D eigenvalue weighted by Gasteiger charge is -2.18. The number of esters is 3. The van der Waals surface area contributed by atoms with Gasteiger partial charge in [-0.15, -0.1) is 0 Å². The minimum atomic E-state index is -0.826. The molecule has 0 saturated heterocycles. The van der Waals surface area contributed by atoms with E-state index in [2.05, 4.69) is 130 Å². The van der Waals surface area contributed by atoms with Crippen LogP contribution in [0.3, 0.4) is 0 Å². The number of hydrogen-bond donors (Lipinski definition) is 0. The molecule has 1 unspecified atom stereocenters. The first-order valence-electron chi connectivity index (χ1n) is 25.1. The van der Waals surface area contributed by atoms with Gasteiger partial charge >= 0.3 is 17.9 Å². The fourth-order valence-corrected chi connectivity index (χ4v) is 6.26. The summed E-state index contributed by atoms with van der Waals surface area (Å²) in [7, 11) is 0. The third kappa shape index (κ3) is 48.7. The summed E-state index contributed by atoms with van der Waals surface area (Å²) in [6.07, 6.45) is 69.0. The van der Waals surface area contributed by atoms with E-state index in [1.165, 1.54) is 32.1 Å². The van der Waals surface area contributed by atoms with Crippen molar-refractivity contribution >= 4 is 17.9 Å². The van der Waals surface area contributed by atoms with E-state index in [9.17, 15) is 14.4 Å². The molecule has 0 bridgehead atoms. The first kappa shape index (κ1) is 58.8. The molecule has 0 aromatic carbocycles. The third-order valence-corrected chi connectivity index (χ3v) is 9.97. The number of carbonyl (C=O) groups is 3. The van der Waals surface area contributed by atoms with Crippen LogP contribution in [-0.2, 0) is 28.6 Å². The van der Waals surface area contributed by atoms with Crippen molar-refractivity contribution in [2.24, 2.45) is 0 Å². The maximum atomic E-state index is 12.8. The second-order valence-electron chi connectivity index (χ2n) is 16.0. The van der Waals surface area contributed by atoms with Crippen LogP contribution in [0.15, 0.2) is 122 Å². The monoisotopic (exact) mass is 871 g/mol. The van der Waals surface area contributed by atoms with Crippen LogP contribution in [0, 0.1) is 0 Å². The van der Waals surface area contributed by atoms with E-state index in [4.69, 9.17) is 14.2 Å². The molecule has 63 heavy (non-hydrogen) atoms. The quantitative estimate of drug-likeness (QED) is 0.0200. The Hall–Kier alpha value is -4.19. The SMILES string of the molecule is CC/C=C\C/C=C\C/C=C\C/C=C\C/C=C\CCC(=O)OCC(COC(=O)CCCCCC/C=C\C/C=C\C/C=C\CC)OC(=O)CCCCCCCC/C=C\C=C/CCCCC. The molecule has 0 spiro atoms. The van der Waals surface area contributed by atoms with Gasteiger partial charge in [0.15, 0.2) is 6.10 Å². The molecule has 354 valence electrons. The van der Waals surface area contributed by atoms with Crippen molar-refractivity contribution in [3.05, 3.63) is 122 Å². The Bertz CT molecular complexity index is 1370. The van der Waals surface area contributed by atoms with Gasteiger partial charge in [-0.3, -0.25) is 14.4 Å². The Balaban J connectivity index is 4.58. The summed E-state index contributed by atoms with van der Waals surface area (Å²) >= 11 is 0. The molecule has 6 heteroatoms. The molecule has 0 aliphatic carbocycles. The number of carbonyl (C=O) groups excluding carboxylic acids is 3. The lowest BCUT2D eigenvalue weighted by molar-refractivity contribution is -0.166. The smallest absolute Gasteiger partial charge is 0.306 e. The third-order valence-electron chi connectivity index (χ3n) is 9.97. The lowest BCUT2D eigenvalue weighted by Crippen LogP contribution is -2.30. The molecule has 0 aromatic heterocycles. The molecular formula is C57H90O6. The predicted octanol–water partition coefficient (Wildman–Crippen LogP) is 16.5. The largest absolute Gasteiger partial charge is 0.462 e. The minimum Gasteiger partial charge on any atom is -0.462 e. The average Bonchev–Trinajstić information content (AvgIpc) is 3.28. The van der Waals surface area contributed by atoms with Crippen LogP contribution in [-0.4, -0.2) is 37.2 Å². The zero-order chi connectivity index (χ0) is 45.8. The van der Waals surface area contributed by atoms with Gasteiger partial charge in [-0.2, -0.15) is 0 Å². The Labute approximate surface area is 386 Å². The molecule has 0 amide bonds. The number of allylic oxidation sites excluding steroid dienone is 20. The molecule has 0 saturated carbocycles. The van der Waals surface area contributed by atoms with E-state index < -0.39 is 6.10 Å². The summed E-state index contributed by atoms with van der Waals surface area (Å²) in [4.78, 5) is 37.9. The van der Waals surface area contributed by atoms with E-state index in [0.29, 0.717) is 19.3 Å². The summed E-state index contributed by atoms with van der Waals surface area (Å²) in [5.74, 6) is -1.05. The maximum Gasteiger partial charge on any atom is 0.306 e. The van der Waals surface area contributed by atoms with Gasteiger partial charge in [-0.1, -0.05) is 194 Å². The lowest BCUT2D eigenvalue weighted by atomic mass is 10.1. The molecule has 0 aliphatic rings. The van der Waals surface area contributed by atoms with Crippen LogP contribution in [0.5, 0.6) is 0 Å². The van der Waals surface area contributed by atoms with Crippen LogP contribution in [0.2, 0.25) is 0 Å². The second kappa shape index (κ2) is 50.5. The molecule has 0 heterocycles. The van der Waals surface area contributed by atoms with Crippen LogP contribution in [0.1, 0.15) is 201 Å². The summed E-state index contributed by atoms with van der Waals surface area (Å²) in [5.41, 5.74) is 0. The van der Waals surface area contributed by atoms with Crippen molar-refractivity contribution < 1.29 is 28.6 Å². The molecule has 0 aromatic rings. The summed E-state index contributed by atoms with van der Waals surface area (Å²) < 4.78 is 16.7. The number of rotatable bonds is 43. The molecule has 6 nitrogen and oxygen atoms in total. The van der Waals surface area contributed by atoms with Crippen LogP contribution < -0.4 is 0 Å². The minimum absolute atomic E-state index is 0.121. The van der Waals surface area contributed by atoms with E-state index in [0.717, 1.165) is 122 Å². The molecule has 0 radical (unpaired) electrons. The van der Waals surface area contributed by atoms with Gasteiger partial charge in [0.05, 0.1) is 0 Å². The first-order chi connectivity index (χ1) is 31.0. The van der Waals surface area contributed by atoms with E-state index in [-0.39, 0.29) is 37.5 Å². The summed E-state index contributed by atoms with van der Waals surface area (Å²) in [6.45, 7) is 6.26. The highest BCUT2D eigenvalue weighted by molar-refractivity contribution is 5.71. The van der Waals surface area contributed by atoms with Gasteiger partial charge in [0.2, 0.25) is 0 Å². The normalized spacial score (nSPS) is 13.1. The van der Waals surface area contributed by atoms with Gasteiger partial charge in [0.1, 0.15) is 13.2 Å². The first-order valence-corrected chi connectivity index (χ1v) is 25.1. The van der Waals surface area contributed by atoms with Crippen molar-refractivity contribution in [1.82, 2.24) is 0 Å². The fraction of sp³-hybridized carbons (Fsp3) is 0.596. The zero-order valence-corrected chi connectivity index (χ0v) is 40.3. The van der Waals surface area contributed by atoms with E-state index >= 15 is 0 Å². The Morgan fingerprint density at radius 1 is 0.349 bits per heavy atom. The van der Waals surface area contributed by atoms with Gasteiger partial charge in [-0.25, -0.2) is 0 Å². The van der Waals surface area contributed by atoms with Gasteiger partial charge < -0.3 is 14.2 Å². The van der Waals surface area contributed by atoms with Crippen molar-refractivity contribution in [1.29, 1.82) is 0 Å². The molecule has 0 aliphatic heterocycles. The Morgan fingerprint density at radius 2 is 0.698 bits per heavy atom. The topological polar surface area (TPSA) is 78.9 Å². The number of ether oxygens (including phenoxy) is 3. The van der Waals surface area contributed by atoms with Crippen molar-refractivity contribution in [2.75, 3.05) is 13.2 Å². The highest BCUT2D eigenvalue weighted by atomic mass is 16.6. The number of hydrogen-bond acceptors (Lipinski definition) is 6. The van der Waals surface area contributed by atoms with Crippen molar-refractivity contribution in [3.63, 3.8) is 0 Å². The average molecular weight is 871 g/mol. The van der Waals surface area contributed by atoms with E-state index in [1.54, 1.807) is 0 Å².